The fourth-order valence-corrected chi connectivity index (χ4v) is 1.71. The van der Waals surface area contributed by atoms with E-state index in [9.17, 15) is 9.59 Å². The van der Waals surface area contributed by atoms with Crippen molar-refractivity contribution in [2.45, 2.75) is 26.4 Å². The highest BCUT2D eigenvalue weighted by molar-refractivity contribution is 5.96. The van der Waals surface area contributed by atoms with Crippen molar-refractivity contribution in [1.29, 1.82) is 0 Å². The highest BCUT2D eigenvalue weighted by Gasteiger charge is 2.25. The molecule has 1 rings (SSSR count). The lowest BCUT2D eigenvalue weighted by molar-refractivity contribution is 0.0584. The Bertz CT molecular complexity index is 612. The van der Waals surface area contributed by atoms with Gasteiger partial charge in [-0.1, -0.05) is 5.92 Å². The van der Waals surface area contributed by atoms with Crippen LogP contribution in [0.1, 0.15) is 31.1 Å². The molecule has 2 N–H and O–H groups in total. The maximum Gasteiger partial charge on any atom is 0.415 e. The predicted octanol–water partition coefficient (Wildman–Crippen LogP) is 2.17. The number of ether oxygens (including phenoxy) is 2. The molecular formula is C16H20N2O4. The molecule has 6 nitrogen and oxygen atoms in total. The number of primary amides is 1. The van der Waals surface area contributed by atoms with Crippen molar-refractivity contribution in [2.75, 3.05) is 18.6 Å². The molecule has 0 radical (unpaired) electrons. The number of hydrogen-bond donors (Lipinski definition) is 1. The maximum absolute atomic E-state index is 12.3. The van der Waals surface area contributed by atoms with Gasteiger partial charge in [0, 0.05) is 5.56 Å². The molecule has 22 heavy (non-hydrogen) atoms. The average Bonchev–Trinajstić information content (AvgIpc) is 2.42. The SMILES string of the molecule is C#CCN(C(=O)OC(C)(C)C)c1ccc(C(N)=O)cc1OC. The second-order valence-electron chi connectivity index (χ2n) is 5.52. The van der Waals surface area contributed by atoms with E-state index < -0.39 is 17.6 Å². The number of benzene rings is 1. The minimum absolute atomic E-state index is 0.00118. The standard InChI is InChI=1S/C16H20N2O4/c1-6-9-18(15(20)22-16(2,3)4)12-8-7-11(14(17)19)10-13(12)21-5/h1,7-8,10H,9H2,2-5H3,(H2,17,19). The molecule has 6 heteroatoms. The topological polar surface area (TPSA) is 81.9 Å². The van der Waals surface area contributed by atoms with Crippen LogP contribution in [0.2, 0.25) is 0 Å². The molecule has 0 aliphatic carbocycles. The third kappa shape index (κ3) is 4.42. The molecule has 0 aliphatic rings. The molecule has 0 unspecified atom stereocenters. The molecule has 0 spiro atoms. The third-order valence-corrected chi connectivity index (χ3v) is 2.62. The van der Waals surface area contributed by atoms with Crippen molar-refractivity contribution < 1.29 is 19.1 Å². The van der Waals surface area contributed by atoms with Crippen molar-refractivity contribution >= 4 is 17.7 Å². The molecule has 0 saturated heterocycles. The van der Waals surface area contributed by atoms with Crippen LogP contribution in [0.3, 0.4) is 0 Å². The summed E-state index contributed by atoms with van der Waals surface area (Å²) >= 11 is 0. The number of carbonyl (C=O) groups excluding carboxylic acids is 2. The van der Waals surface area contributed by atoms with Crippen LogP contribution in [0.25, 0.3) is 0 Å². The smallest absolute Gasteiger partial charge is 0.415 e. The summed E-state index contributed by atoms with van der Waals surface area (Å²) in [6, 6.07) is 4.49. The van der Waals surface area contributed by atoms with Crippen molar-refractivity contribution in [2.24, 2.45) is 5.73 Å². The van der Waals surface area contributed by atoms with Gasteiger partial charge >= 0.3 is 6.09 Å². The molecule has 0 fully saturated rings. The van der Waals surface area contributed by atoms with Crippen LogP contribution in [0, 0.1) is 12.3 Å². The first kappa shape index (κ1) is 17.4. The Labute approximate surface area is 130 Å². The van der Waals surface area contributed by atoms with Crippen molar-refractivity contribution in [3.8, 4) is 18.1 Å². The fraction of sp³-hybridized carbons (Fsp3) is 0.375. The Morgan fingerprint density at radius 3 is 2.45 bits per heavy atom. The Kier molecular flexibility index (Phi) is 5.41. The second-order valence-corrected chi connectivity index (χ2v) is 5.52. The molecule has 0 saturated carbocycles. The first-order valence-corrected chi connectivity index (χ1v) is 6.61. The highest BCUT2D eigenvalue weighted by atomic mass is 16.6. The maximum atomic E-state index is 12.3. The summed E-state index contributed by atoms with van der Waals surface area (Å²) in [7, 11) is 1.42. The molecule has 1 aromatic rings. The number of hydrogen-bond acceptors (Lipinski definition) is 4. The van der Waals surface area contributed by atoms with E-state index >= 15 is 0 Å². The minimum Gasteiger partial charge on any atom is -0.495 e. The quantitative estimate of drug-likeness (QED) is 0.864. The lowest BCUT2D eigenvalue weighted by Gasteiger charge is -2.27. The van der Waals surface area contributed by atoms with Crippen LogP contribution in [-0.4, -0.2) is 31.3 Å². The van der Waals surface area contributed by atoms with E-state index in [4.69, 9.17) is 21.6 Å². The number of rotatable bonds is 4. The number of methoxy groups -OCH3 is 1. The van der Waals surface area contributed by atoms with Gasteiger partial charge in [-0.05, 0) is 39.0 Å². The average molecular weight is 304 g/mol. The van der Waals surface area contributed by atoms with Gasteiger partial charge in [-0.3, -0.25) is 9.69 Å². The van der Waals surface area contributed by atoms with E-state index in [0.29, 0.717) is 11.4 Å². The van der Waals surface area contributed by atoms with Crippen LogP contribution >= 0.6 is 0 Å². The Hall–Kier alpha value is -2.68. The molecule has 0 bridgehead atoms. The van der Waals surface area contributed by atoms with Crippen LogP contribution < -0.4 is 15.4 Å². The Morgan fingerprint density at radius 1 is 1.36 bits per heavy atom. The van der Waals surface area contributed by atoms with E-state index in [2.05, 4.69) is 5.92 Å². The number of terminal acetylenes is 1. The van der Waals surface area contributed by atoms with E-state index in [-0.39, 0.29) is 12.1 Å². The second kappa shape index (κ2) is 6.85. The van der Waals surface area contributed by atoms with Gasteiger partial charge in [0.25, 0.3) is 0 Å². The predicted molar refractivity (Wildman–Crippen MR) is 83.9 cm³/mol. The highest BCUT2D eigenvalue weighted by Crippen LogP contribution is 2.30. The monoisotopic (exact) mass is 304 g/mol. The van der Waals surface area contributed by atoms with Crippen molar-refractivity contribution in [3.63, 3.8) is 0 Å². The molecule has 0 aromatic heterocycles. The lowest BCUT2D eigenvalue weighted by Crippen LogP contribution is -2.37. The van der Waals surface area contributed by atoms with Gasteiger partial charge in [-0.15, -0.1) is 6.42 Å². The van der Waals surface area contributed by atoms with E-state index in [0.717, 1.165) is 0 Å². The van der Waals surface area contributed by atoms with Crippen molar-refractivity contribution in [3.05, 3.63) is 23.8 Å². The van der Waals surface area contributed by atoms with E-state index in [1.54, 1.807) is 26.8 Å². The third-order valence-electron chi connectivity index (χ3n) is 2.62. The van der Waals surface area contributed by atoms with Gasteiger partial charge in [-0.25, -0.2) is 4.79 Å². The summed E-state index contributed by atoms with van der Waals surface area (Å²) in [5, 5.41) is 0. The first-order chi connectivity index (χ1) is 10.2. The molecule has 1 aromatic carbocycles. The zero-order valence-electron chi connectivity index (χ0n) is 13.2. The van der Waals surface area contributed by atoms with Crippen molar-refractivity contribution in [1.82, 2.24) is 0 Å². The summed E-state index contributed by atoms with van der Waals surface area (Å²) < 4.78 is 10.5. The number of nitrogens with two attached hydrogens (primary N) is 1. The van der Waals surface area contributed by atoms with E-state index in [1.165, 1.54) is 24.1 Å². The van der Waals surface area contributed by atoms with Gasteiger partial charge in [-0.2, -0.15) is 0 Å². The summed E-state index contributed by atoms with van der Waals surface area (Å²) in [4.78, 5) is 24.8. The Balaban J connectivity index is 3.24. The fourth-order valence-electron chi connectivity index (χ4n) is 1.71. The van der Waals surface area contributed by atoms with Crippen LogP contribution in [0.15, 0.2) is 18.2 Å². The molecule has 0 heterocycles. The number of amides is 2. The molecule has 0 atom stereocenters. The normalized spacial score (nSPS) is 10.5. The van der Waals surface area contributed by atoms with Gasteiger partial charge in [0.2, 0.25) is 5.91 Å². The molecule has 2 amide bonds. The van der Waals surface area contributed by atoms with Crippen LogP contribution in [-0.2, 0) is 4.74 Å². The lowest BCUT2D eigenvalue weighted by atomic mass is 10.1. The zero-order chi connectivity index (χ0) is 16.9. The molecule has 0 aliphatic heterocycles. The van der Waals surface area contributed by atoms with Gasteiger partial charge < -0.3 is 15.2 Å². The van der Waals surface area contributed by atoms with E-state index in [1.807, 2.05) is 0 Å². The first-order valence-electron chi connectivity index (χ1n) is 6.61. The minimum atomic E-state index is -0.662. The van der Waals surface area contributed by atoms with Gasteiger partial charge in [0.1, 0.15) is 11.4 Å². The largest absolute Gasteiger partial charge is 0.495 e. The summed E-state index contributed by atoms with van der Waals surface area (Å²) in [6.07, 6.45) is 4.72. The summed E-state index contributed by atoms with van der Waals surface area (Å²) in [5.41, 5.74) is 5.24. The number of carbonyl (C=O) groups is 2. The Morgan fingerprint density at radius 2 is 2.00 bits per heavy atom. The van der Waals surface area contributed by atoms with Crippen LogP contribution in [0.4, 0.5) is 10.5 Å². The van der Waals surface area contributed by atoms with Gasteiger partial charge in [0.15, 0.2) is 0 Å². The molecule has 118 valence electrons. The van der Waals surface area contributed by atoms with Gasteiger partial charge in [0.05, 0.1) is 19.3 Å². The number of anilines is 1. The summed E-state index contributed by atoms with van der Waals surface area (Å²) in [5.74, 6) is 2.11. The molecular weight excluding hydrogens is 284 g/mol. The summed E-state index contributed by atoms with van der Waals surface area (Å²) in [6.45, 7) is 5.27. The number of nitrogens with zero attached hydrogens (tertiary/aromatic N) is 1. The zero-order valence-corrected chi connectivity index (χ0v) is 13.2. The van der Waals surface area contributed by atoms with Crippen LogP contribution in [0.5, 0.6) is 5.75 Å².